The summed E-state index contributed by atoms with van der Waals surface area (Å²) in [6.07, 6.45) is 1.12. The van der Waals surface area contributed by atoms with E-state index in [4.69, 9.17) is 0 Å². The molecule has 0 aromatic rings. The van der Waals surface area contributed by atoms with E-state index in [1.54, 1.807) is 7.11 Å². The third kappa shape index (κ3) is 3.12. The van der Waals surface area contributed by atoms with Crippen molar-refractivity contribution in [2.45, 2.75) is 27.2 Å². The van der Waals surface area contributed by atoms with E-state index in [2.05, 4.69) is 23.8 Å². The number of rotatable bonds is 3. The second kappa shape index (κ2) is 4.36. The van der Waals surface area contributed by atoms with E-state index in [1.165, 1.54) is 0 Å². The van der Waals surface area contributed by atoms with Crippen molar-refractivity contribution >= 4 is 5.71 Å². The van der Waals surface area contributed by atoms with E-state index in [-0.39, 0.29) is 0 Å². The summed E-state index contributed by atoms with van der Waals surface area (Å²) in [5.74, 6) is 0.546. The van der Waals surface area contributed by atoms with Crippen molar-refractivity contribution < 1.29 is 4.84 Å². The average Bonchev–Trinajstić information content (AvgIpc) is 1.87. The largest absolute Gasteiger partial charge is 0.399 e. The molecule has 0 fully saturated rings. The SMILES string of the molecule is CCC(C)/C(C)=N/OC. The average molecular weight is 129 g/mol. The van der Waals surface area contributed by atoms with Crippen LogP contribution in [0.15, 0.2) is 5.16 Å². The molecular weight excluding hydrogens is 114 g/mol. The molecule has 0 radical (unpaired) electrons. The lowest BCUT2D eigenvalue weighted by Crippen LogP contribution is -2.05. The fraction of sp³-hybridized carbons (Fsp3) is 0.857. The Morgan fingerprint density at radius 2 is 2.22 bits per heavy atom. The van der Waals surface area contributed by atoms with Gasteiger partial charge in [0, 0.05) is 0 Å². The predicted octanol–water partition coefficient (Wildman–Crippen LogP) is 2.05. The van der Waals surface area contributed by atoms with Crippen LogP contribution in [0.2, 0.25) is 0 Å². The molecule has 2 nitrogen and oxygen atoms in total. The van der Waals surface area contributed by atoms with Gasteiger partial charge in [-0.15, -0.1) is 0 Å². The molecule has 0 aliphatic heterocycles. The Kier molecular flexibility index (Phi) is 4.10. The summed E-state index contributed by atoms with van der Waals surface area (Å²) < 4.78 is 0. The smallest absolute Gasteiger partial charge is 0.106 e. The van der Waals surface area contributed by atoms with Crippen molar-refractivity contribution in [3.05, 3.63) is 0 Å². The van der Waals surface area contributed by atoms with Gasteiger partial charge in [-0.3, -0.25) is 0 Å². The summed E-state index contributed by atoms with van der Waals surface area (Å²) in [5.41, 5.74) is 1.07. The minimum Gasteiger partial charge on any atom is -0.399 e. The lowest BCUT2D eigenvalue weighted by atomic mass is 10.1. The number of nitrogens with zero attached hydrogens (tertiary/aromatic N) is 1. The van der Waals surface area contributed by atoms with Crippen LogP contribution in [-0.4, -0.2) is 12.8 Å². The fourth-order valence-corrected chi connectivity index (χ4v) is 0.529. The van der Waals surface area contributed by atoms with E-state index >= 15 is 0 Å². The molecule has 0 aromatic carbocycles. The fourth-order valence-electron chi connectivity index (χ4n) is 0.529. The van der Waals surface area contributed by atoms with Crippen LogP contribution in [0, 0.1) is 5.92 Å². The minimum absolute atomic E-state index is 0.546. The molecule has 0 saturated heterocycles. The van der Waals surface area contributed by atoms with Crippen molar-refractivity contribution in [1.82, 2.24) is 0 Å². The van der Waals surface area contributed by atoms with Gasteiger partial charge in [0.05, 0.1) is 5.71 Å². The molecule has 0 bridgehead atoms. The molecule has 0 aliphatic carbocycles. The zero-order valence-corrected chi connectivity index (χ0v) is 6.64. The van der Waals surface area contributed by atoms with Crippen molar-refractivity contribution in [2.75, 3.05) is 7.11 Å². The van der Waals surface area contributed by atoms with Gasteiger partial charge in [0.1, 0.15) is 7.11 Å². The van der Waals surface area contributed by atoms with Gasteiger partial charge in [0.2, 0.25) is 0 Å². The number of hydrogen-bond acceptors (Lipinski definition) is 2. The first-order valence-corrected chi connectivity index (χ1v) is 3.30. The minimum atomic E-state index is 0.546. The van der Waals surface area contributed by atoms with E-state index in [0.29, 0.717) is 5.92 Å². The second-order valence-electron chi connectivity index (χ2n) is 2.22. The molecule has 1 atom stereocenters. The Bertz CT molecular complexity index is 99.1. The van der Waals surface area contributed by atoms with E-state index in [0.717, 1.165) is 12.1 Å². The van der Waals surface area contributed by atoms with Crippen molar-refractivity contribution in [3.63, 3.8) is 0 Å². The molecule has 0 aliphatic rings. The van der Waals surface area contributed by atoms with Crippen molar-refractivity contribution in [1.29, 1.82) is 0 Å². The highest BCUT2D eigenvalue weighted by Gasteiger charge is 2.01. The molecule has 0 rings (SSSR count). The van der Waals surface area contributed by atoms with Crippen LogP contribution in [0.1, 0.15) is 27.2 Å². The highest BCUT2D eigenvalue weighted by Crippen LogP contribution is 2.02. The molecule has 0 aromatic heterocycles. The zero-order valence-electron chi connectivity index (χ0n) is 6.64. The maximum atomic E-state index is 4.61. The van der Waals surface area contributed by atoms with Crippen LogP contribution in [0.25, 0.3) is 0 Å². The lowest BCUT2D eigenvalue weighted by Gasteiger charge is -2.04. The Hall–Kier alpha value is -0.530. The van der Waals surface area contributed by atoms with Gasteiger partial charge < -0.3 is 4.84 Å². The van der Waals surface area contributed by atoms with Gasteiger partial charge in [0.15, 0.2) is 0 Å². The third-order valence-electron chi connectivity index (χ3n) is 1.56. The molecule has 0 saturated carbocycles. The number of oxime groups is 1. The topological polar surface area (TPSA) is 21.6 Å². The quantitative estimate of drug-likeness (QED) is 0.422. The molecule has 1 unspecified atom stereocenters. The molecular formula is C7H15NO. The summed E-state index contributed by atoms with van der Waals surface area (Å²) in [6, 6.07) is 0. The monoisotopic (exact) mass is 129 g/mol. The first-order valence-electron chi connectivity index (χ1n) is 3.30. The summed E-state index contributed by atoms with van der Waals surface area (Å²) in [7, 11) is 1.58. The standard InChI is InChI=1S/C7H15NO/c1-5-6(2)7(3)8-9-4/h6H,5H2,1-4H3/b8-7+. The molecule has 0 heterocycles. The molecule has 9 heavy (non-hydrogen) atoms. The summed E-state index contributed by atoms with van der Waals surface area (Å²) >= 11 is 0. The predicted molar refractivity (Wildman–Crippen MR) is 39.6 cm³/mol. The zero-order chi connectivity index (χ0) is 7.28. The molecule has 0 N–H and O–H groups in total. The Morgan fingerprint density at radius 1 is 1.67 bits per heavy atom. The Morgan fingerprint density at radius 3 is 2.56 bits per heavy atom. The maximum Gasteiger partial charge on any atom is 0.106 e. The number of hydrogen-bond donors (Lipinski definition) is 0. The first kappa shape index (κ1) is 8.47. The maximum absolute atomic E-state index is 4.61. The lowest BCUT2D eigenvalue weighted by molar-refractivity contribution is 0.211. The molecule has 0 amide bonds. The van der Waals surface area contributed by atoms with E-state index in [9.17, 15) is 0 Å². The van der Waals surface area contributed by atoms with Crippen molar-refractivity contribution in [3.8, 4) is 0 Å². The van der Waals surface area contributed by atoms with Gasteiger partial charge in [-0.2, -0.15) is 0 Å². The van der Waals surface area contributed by atoms with Crippen LogP contribution in [0.5, 0.6) is 0 Å². The summed E-state index contributed by atoms with van der Waals surface area (Å²) in [4.78, 5) is 4.61. The Labute approximate surface area is 56.9 Å². The highest BCUT2D eigenvalue weighted by molar-refractivity contribution is 5.83. The van der Waals surface area contributed by atoms with E-state index < -0.39 is 0 Å². The Balaban J connectivity index is 3.70. The summed E-state index contributed by atoms with van der Waals surface area (Å²) in [6.45, 7) is 6.26. The van der Waals surface area contributed by atoms with Crippen molar-refractivity contribution in [2.24, 2.45) is 11.1 Å². The highest BCUT2D eigenvalue weighted by atomic mass is 16.6. The second-order valence-corrected chi connectivity index (χ2v) is 2.22. The van der Waals surface area contributed by atoms with E-state index in [1.807, 2.05) is 6.92 Å². The van der Waals surface area contributed by atoms with Crippen LogP contribution < -0.4 is 0 Å². The summed E-state index contributed by atoms with van der Waals surface area (Å²) in [5, 5.41) is 3.81. The van der Waals surface area contributed by atoms with Crippen LogP contribution in [0.4, 0.5) is 0 Å². The van der Waals surface area contributed by atoms with Gasteiger partial charge in [-0.25, -0.2) is 0 Å². The van der Waals surface area contributed by atoms with Gasteiger partial charge in [0.25, 0.3) is 0 Å². The van der Waals surface area contributed by atoms with Crippen LogP contribution in [-0.2, 0) is 4.84 Å². The van der Waals surface area contributed by atoms with Crippen LogP contribution in [0.3, 0.4) is 0 Å². The van der Waals surface area contributed by atoms with Gasteiger partial charge in [-0.05, 0) is 19.3 Å². The third-order valence-corrected chi connectivity index (χ3v) is 1.56. The first-order chi connectivity index (χ1) is 4.22. The van der Waals surface area contributed by atoms with Gasteiger partial charge >= 0.3 is 0 Å². The molecule has 0 spiro atoms. The normalized spacial score (nSPS) is 15.3. The van der Waals surface area contributed by atoms with Crippen LogP contribution >= 0.6 is 0 Å². The molecule has 2 heteroatoms. The van der Waals surface area contributed by atoms with Gasteiger partial charge in [-0.1, -0.05) is 19.0 Å². The molecule has 54 valence electrons.